The highest BCUT2D eigenvalue weighted by atomic mass is 16.6. The molecule has 6 nitrogen and oxygen atoms in total. The van der Waals surface area contributed by atoms with Gasteiger partial charge in [0.15, 0.2) is 6.10 Å². The Kier molecular flexibility index (Phi) is 44.6. The van der Waals surface area contributed by atoms with E-state index in [0.717, 1.165) is 96.3 Å². The average molecular weight is 831 g/mol. The summed E-state index contributed by atoms with van der Waals surface area (Å²) in [6.45, 7) is 6.28. The van der Waals surface area contributed by atoms with Crippen LogP contribution in [0.3, 0.4) is 0 Å². The molecule has 338 valence electrons. The largest absolute Gasteiger partial charge is 0.462 e. The fraction of sp³-hybridized carbons (Fsp3) is 0.611. The van der Waals surface area contributed by atoms with Crippen molar-refractivity contribution in [3.8, 4) is 0 Å². The second kappa shape index (κ2) is 47.7. The van der Waals surface area contributed by atoms with Gasteiger partial charge >= 0.3 is 17.9 Å². The zero-order chi connectivity index (χ0) is 43.7. The van der Waals surface area contributed by atoms with Gasteiger partial charge in [0.1, 0.15) is 13.2 Å². The van der Waals surface area contributed by atoms with Crippen molar-refractivity contribution >= 4 is 17.9 Å². The van der Waals surface area contributed by atoms with E-state index in [2.05, 4.69) is 130 Å². The van der Waals surface area contributed by atoms with Crippen LogP contribution in [0.2, 0.25) is 0 Å². The lowest BCUT2D eigenvalue weighted by atomic mass is 10.1. The normalized spacial score (nSPS) is 13.1. The third-order valence-corrected chi connectivity index (χ3v) is 9.52. The van der Waals surface area contributed by atoms with Crippen molar-refractivity contribution in [2.45, 2.75) is 200 Å². The van der Waals surface area contributed by atoms with Crippen LogP contribution in [0.5, 0.6) is 0 Å². The Hall–Kier alpha value is -3.93. The lowest BCUT2D eigenvalue weighted by molar-refractivity contribution is -0.167. The summed E-state index contributed by atoms with van der Waals surface area (Å²) in [4.78, 5) is 37.8. The van der Waals surface area contributed by atoms with Gasteiger partial charge in [-0.25, -0.2) is 0 Å². The molecule has 0 aromatic rings. The summed E-state index contributed by atoms with van der Waals surface area (Å²) >= 11 is 0. The molecular weight excluding hydrogens is 745 g/mol. The topological polar surface area (TPSA) is 78.9 Å². The zero-order valence-electron chi connectivity index (χ0n) is 38.4. The molecule has 0 aromatic heterocycles. The summed E-state index contributed by atoms with van der Waals surface area (Å²) in [6.07, 6.45) is 63.6. The van der Waals surface area contributed by atoms with Gasteiger partial charge in [-0.1, -0.05) is 188 Å². The van der Waals surface area contributed by atoms with E-state index in [9.17, 15) is 14.4 Å². The van der Waals surface area contributed by atoms with Crippen LogP contribution in [0.15, 0.2) is 109 Å². The second-order valence-corrected chi connectivity index (χ2v) is 15.3. The van der Waals surface area contributed by atoms with E-state index in [1.807, 2.05) is 0 Å². The quantitative estimate of drug-likeness (QED) is 0.0264. The maximum absolute atomic E-state index is 12.7. The predicted octanol–water partition coefficient (Wildman–Crippen LogP) is 15.6. The van der Waals surface area contributed by atoms with E-state index in [1.165, 1.54) is 44.9 Å². The van der Waals surface area contributed by atoms with Gasteiger partial charge in [0.05, 0.1) is 0 Å². The smallest absolute Gasteiger partial charge is 0.306 e. The van der Waals surface area contributed by atoms with Crippen molar-refractivity contribution in [1.29, 1.82) is 0 Å². The fourth-order valence-electron chi connectivity index (χ4n) is 6.00. The monoisotopic (exact) mass is 831 g/mol. The fourth-order valence-corrected chi connectivity index (χ4v) is 6.00. The Bertz CT molecular complexity index is 1280. The van der Waals surface area contributed by atoms with E-state index in [0.29, 0.717) is 19.3 Å². The Morgan fingerprint density at radius 1 is 0.350 bits per heavy atom. The van der Waals surface area contributed by atoms with Crippen LogP contribution in [0.25, 0.3) is 0 Å². The number of unbranched alkanes of at least 4 members (excludes halogenated alkanes) is 12. The summed E-state index contributed by atoms with van der Waals surface area (Å²) in [6, 6.07) is 0. The molecule has 0 aliphatic carbocycles. The molecule has 60 heavy (non-hydrogen) atoms. The third kappa shape index (κ3) is 45.2. The van der Waals surface area contributed by atoms with Gasteiger partial charge in [-0.2, -0.15) is 0 Å². The molecule has 0 saturated carbocycles. The highest BCUT2D eigenvalue weighted by Crippen LogP contribution is 2.13. The van der Waals surface area contributed by atoms with Gasteiger partial charge in [0.2, 0.25) is 0 Å². The van der Waals surface area contributed by atoms with Crippen molar-refractivity contribution in [3.63, 3.8) is 0 Å². The van der Waals surface area contributed by atoms with Crippen molar-refractivity contribution in [2.24, 2.45) is 0 Å². The lowest BCUT2D eigenvalue weighted by Crippen LogP contribution is -2.30. The van der Waals surface area contributed by atoms with Crippen LogP contribution in [-0.4, -0.2) is 37.2 Å². The molecule has 0 aliphatic rings. The van der Waals surface area contributed by atoms with E-state index in [1.54, 1.807) is 0 Å². The van der Waals surface area contributed by atoms with Crippen molar-refractivity contribution < 1.29 is 28.6 Å². The van der Waals surface area contributed by atoms with Crippen LogP contribution in [0.4, 0.5) is 0 Å². The maximum Gasteiger partial charge on any atom is 0.306 e. The predicted molar refractivity (Wildman–Crippen MR) is 256 cm³/mol. The van der Waals surface area contributed by atoms with Crippen molar-refractivity contribution in [3.05, 3.63) is 109 Å². The zero-order valence-corrected chi connectivity index (χ0v) is 38.4. The van der Waals surface area contributed by atoms with E-state index >= 15 is 0 Å². The molecule has 0 aliphatic heterocycles. The Balaban J connectivity index is 4.55. The molecule has 6 heteroatoms. The number of esters is 3. The Morgan fingerprint density at radius 3 is 1.08 bits per heavy atom. The molecule has 0 amide bonds. The van der Waals surface area contributed by atoms with Crippen LogP contribution < -0.4 is 0 Å². The number of hydrogen-bond donors (Lipinski definition) is 0. The Labute approximate surface area is 368 Å². The second-order valence-electron chi connectivity index (χ2n) is 15.3. The third-order valence-electron chi connectivity index (χ3n) is 9.52. The molecule has 0 aromatic carbocycles. The van der Waals surface area contributed by atoms with Gasteiger partial charge in [-0.3, -0.25) is 14.4 Å². The minimum absolute atomic E-state index is 0.113. The van der Waals surface area contributed by atoms with Gasteiger partial charge < -0.3 is 14.2 Å². The summed E-state index contributed by atoms with van der Waals surface area (Å²) in [7, 11) is 0. The number of carbonyl (C=O) groups excluding carboxylic acids is 3. The van der Waals surface area contributed by atoms with Crippen molar-refractivity contribution in [2.75, 3.05) is 13.2 Å². The summed E-state index contributed by atoms with van der Waals surface area (Å²) in [5, 5.41) is 0. The average Bonchev–Trinajstić information content (AvgIpc) is 3.24. The maximum atomic E-state index is 12.7. The van der Waals surface area contributed by atoms with Crippen molar-refractivity contribution in [1.82, 2.24) is 0 Å². The molecule has 0 heterocycles. The summed E-state index contributed by atoms with van der Waals surface area (Å²) in [5.41, 5.74) is 0. The first-order valence-corrected chi connectivity index (χ1v) is 23.9. The van der Waals surface area contributed by atoms with Gasteiger partial charge in [0, 0.05) is 19.3 Å². The standard InChI is InChI=1S/C54H86O6/c1-4-7-10-13-16-19-22-24-26-27-29-30-32-35-38-41-44-47-53(56)59-50-51(49-58-52(55)46-43-40-37-34-21-18-15-12-9-6-3)60-54(57)48-45-42-39-36-33-31-28-25-23-20-17-14-11-8-5-2/h7-8,10-11,16-17,19-20,24-26,28-30,33,35-36,38,51H,4-6,9,12-15,18,21-23,27,31-32,34,37,39-50H2,1-3H3/b10-7-,11-8-,19-16-,20-17-,26-24-,28-25-,30-29-,36-33-,38-35-. The van der Waals surface area contributed by atoms with E-state index in [-0.39, 0.29) is 44.0 Å². The van der Waals surface area contributed by atoms with Gasteiger partial charge in [-0.15, -0.1) is 0 Å². The lowest BCUT2D eigenvalue weighted by Gasteiger charge is -2.18. The van der Waals surface area contributed by atoms with Gasteiger partial charge in [-0.05, 0) is 96.3 Å². The number of carbonyl (C=O) groups is 3. The Morgan fingerprint density at radius 2 is 0.667 bits per heavy atom. The molecule has 1 atom stereocenters. The minimum Gasteiger partial charge on any atom is -0.462 e. The minimum atomic E-state index is -0.821. The molecule has 0 saturated heterocycles. The first kappa shape index (κ1) is 56.1. The highest BCUT2D eigenvalue weighted by molar-refractivity contribution is 5.71. The SMILES string of the molecule is CC/C=C\C/C=C\C/C=C\C/C=C\C/C=C\CCCC(=O)OCC(COC(=O)CCCCCCCCCCCC)OC(=O)CCCC/C=C\C/C=C\C/C=C\C/C=C\CC. The first-order chi connectivity index (χ1) is 29.5. The molecule has 0 rings (SSSR count). The number of allylic oxidation sites excluding steroid dienone is 18. The molecule has 0 radical (unpaired) electrons. The summed E-state index contributed by atoms with van der Waals surface area (Å²) in [5.74, 6) is -1.03. The van der Waals surface area contributed by atoms with Crippen LogP contribution in [0, 0.1) is 0 Å². The van der Waals surface area contributed by atoms with Crippen LogP contribution >= 0.6 is 0 Å². The first-order valence-electron chi connectivity index (χ1n) is 23.9. The number of ether oxygens (including phenoxy) is 3. The molecular formula is C54H86O6. The molecule has 1 unspecified atom stereocenters. The molecule has 0 N–H and O–H groups in total. The molecule has 0 fully saturated rings. The number of rotatable bonds is 41. The van der Waals surface area contributed by atoms with Crippen LogP contribution in [-0.2, 0) is 28.6 Å². The molecule has 0 bridgehead atoms. The van der Waals surface area contributed by atoms with Gasteiger partial charge in [0.25, 0.3) is 0 Å². The van der Waals surface area contributed by atoms with E-state index in [4.69, 9.17) is 14.2 Å². The summed E-state index contributed by atoms with van der Waals surface area (Å²) < 4.78 is 16.6. The van der Waals surface area contributed by atoms with E-state index < -0.39 is 6.10 Å². The highest BCUT2D eigenvalue weighted by Gasteiger charge is 2.19. The molecule has 0 spiro atoms. The van der Waals surface area contributed by atoms with Crippen LogP contribution in [0.1, 0.15) is 194 Å². The number of hydrogen-bond acceptors (Lipinski definition) is 6.